The van der Waals surface area contributed by atoms with E-state index in [0.29, 0.717) is 0 Å². The van der Waals surface area contributed by atoms with E-state index in [9.17, 15) is 23.1 Å². The molecule has 2 rings (SSSR count). The highest BCUT2D eigenvalue weighted by Gasteiger charge is 2.31. The van der Waals surface area contributed by atoms with E-state index in [-0.39, 0.29) is 39.4 Å². The van der Waals surface area contributed by atoms with Gasteiger partial charge in [-0.15, -0.1) is 0 Å². The number of nitrogens with zero attached hydrogens (tertiary/aromatic N) is 2. The van der Waals surface area contributed by atoms with E-state index >= 15 is 0 Å². The molecule has 1 aromatic carbocycles. The van der Waals surface area contributed by atoms with Crippen LogP contribution in [-0.2, 0) is 15.7 Å². The van der Waals surface area contributed by atoms with Crippen LogP contribution in [0.1, 0.15) is 23.7 Å². The molecule has 0 unspecified atom stereocenters. The molecule has 28 heavy (non-hydrogen) atoms. The second kappa shape index (κ2) is 8.51. The molecular weight excluding hydrogens is 397 g/mol. The number of alkyl halides is 3. The summed E-state index contributed by atoms with van der Waals surface area (Å²) >= 11 is 1.18. The first-order valence-electron chi connectivity index (χ1n) is 7.84. The maximum Gasteiger partial charge on any atom is 0.416 e. The van der Waals surface area contributed by atoms with Gasteiger partial charge in [-0.1, -0.05) is 17.8 Å². The summed E-state index contributed by atoms with van der Waals surface area (Å²) in [5.41, 5.74) is -0.823. The van der Waals surface area contributed by atoms with Gasteiger partial charge in [-0.3, -0.25) is 0 Å². The number of carbonyl (C=O) groups is 1. The van der Waals surface area contributed by atoms with Gasteiger partial charge in [0.2, 0.25) is 5.88 Å². The number of aliphatic carboxylic acids is 1. The van der Waals surface area contributed by atoms with E-state index in [4.69, 9.17) is 9.47 Å². The summed E-state index contributed by atoms with van der Waals surface area (Å²) in [7, 11) is 1.30. The van der Waals surface area contributed by atoms with Crippen LogP contribution < -0.4 is 4.74 Å². The Morgan fingerprint density at radius 1 is 1.25 bits per heavy atom. The minimum atomic E-state index is -4.55. The summed E-state index contributed by atoms with van der Waals surface area (Å²) in [6.45, 7) is 3.00. The Labute approximate surface area is 163 Å². The number of carboxylic acid groups (broad SMARTS) is 1. The molecule has 150 valence electrons. The predicted octanol–water partition coefficient (Wildman–Crippen LogP) is 4.78. The van der Waals surface area contributed by atoms with Crippen LogP contribution in [0.3, 0.4) is 0 Å². The van der Waals surface area contributed by atoms with Crippen LogP contribution in [0, 0.1) is 6.92 Å². The van der Waals surface area contributed by atoms with Crippen LogP contribution in [0.4, 0.5) is 13.2 Å². The smallest absolute Gasteiger partial charge is 0.416 e. The Kier molecular flexibility index (Phi) is 6.55. The highest BCUT2D eigenvalue weighted by molar-refractivity contribution is 7.98. The summed E-state index contributed by atoms with van der Waals surface area (Å²) in [5.74, 6) is -1.55. The van der Waals surface area contributed by atoms with Gasteiger partial charge in [0.15, 0.2) is 5.16 Å². The van der Waals surface area contributed by atoms with Gasteiger partial charge in [0.25, 0.3) is 0 Å². The number of aryl methyl sites for hydroxylation is 1. The van der Waals surface area contributed by atoms with Crippen LogP contribution in [0.25, 0.3) is 5.57 Å². The van der Waals surface area contributed by atoms with Crippen molar-refractivity contribution in [3.8, 4) is 11.6 Å². The molecule has 1 aromatic heterocycles. The van der Waals surface area contributed by atoms with Gasteiger partial charge in [-0.05, 0) is 38.3 Å². The third-order valence-corrected chi connectivity index (χ3v) is 4.26. The molecule has 0 fully saturated rings. The number of hydrogen-bond donors (Lipinski definition) is 1. The Bertz CT molecular complexity index is 930. The highest BCUT2D eigenvalue weighted by atomic mass is 32.2. The van der Waals surface area contributed by atoms with Crippen LogP contribution >= 0.6 is 11.8 Å². The number of rotatable bonds is 6. The van der Waals surface area contributed by atoms with Crippen molar-refractivity contribution >= 4 is 23.3 Å². The lowest BCUT2D eigenvalue weighted by atomic mass is 10.0. The van der Waals surface area contributed by atoms with Gasteiger partial charge in [0.05, 0.1) is 23.9 Å². The first kappa shape index (κ1) is 21.5. The van der Waals surface area contributed by atoms with Crippen molar-refractivity contribution in [2.45, 2.75) is 25.2 Å². The lowest BCUT2D eigenvalue weighted by Gasteiger charge is -2.16. The molecule has 0 saturated carbocycles. The molecule has 0 amide bonds. The van der Waals surface area contributed by atoms with Crippen molar-refractivity contribution in [1.29, 1.82) is 0 Å². The molecule has 0 atom stereocenters. The average molecular weight is 414 g/mol. The highest BCUT2D eigenvalue weighted by Crippen LogP contribution is 2.36. The Morgan fingerprint density at radius 2 is 1.93 bits per heavy atom. The van der Waals surface area contributed by atoms with Crippen LogP contribution in [0.2, 0.25) is 0 Å². The number of allylic oxidation sites excluding steroid dienone is 1. The predicted molar refractivity (Wildman–Crippen MR) is 97.3 cm³/mol. The molecule has 0 aliphatic carbocycles. The zero-order chi connectivity index (χ0) is 21.1. The summed E-state index contributed by atoms with van der Waals surface area (Å²) in [6, 6.07) is 4.23. The minimum Gasteiger partial charge on any atom is -0.500 e. The number of thioether (sulfide) groups is 1. The largest absolute Gasteiger partial charge is 0.500 e. The average Bonchev–Trinajstić information content (AvgIpc) is 2.62. The van der Waals surface area contributed by atoms with E-state index in [1.165, 1.54) is 37.9 Å². The Morgan fingerprint density at radius 3 is 2.46 bits per heavy atom. The molecule has 0 radical (unpaired) electrons. The van der Waals surface area contributed by atoms with Gasteiger partial charge in [-0.2, -0.15) is 18.2 Å². The molecule has 0 spiro atoms. The monoisotopic (exact) mass is 414 g/mol. The molecule has 6 nitrogen and oxygen atoms in total. The number of benzene rings is 1. The molecule has 1 heterocycles. The lowest BCUT2D eigenvalue weighted by Crippen LogP contribution is -2.10. The first-order valence-corrected chi connectivity index (χ1v) is 9.07. The fourth-order valence-corrected chi connectivity index (χ4v) is 2.76. The second-order valence-electron chi connectivity index (χ2n) is 5.54. The second-order valence-corrected chi connectivity index (χ2v) is 6.32. The molecule has 1 N–H and O–H groups in total. The zero-order valence-corrected chi connectivity index (χ0v) is 16.2. The molecule has 0 aliphatic rings. The molecule has 0 saturated heterocycles. The maximum absolute atomic E-state index is 13.0. The van der Waals surface area contributed by atoms with Crippen LogP contribution in [0.5, 0.6) is 11.6 Å². The van der Waals surface area contributed by atoms with E-state index in [1.807, 2.05) is 0 Å². The third kappa shape index (κ3) is 4.75. The fourth-order valence-electron chi connectivity index (χ4n) is 2.36. The van der Waals surface area contributed by atoms with Gasteiger partial charge >= 0.3 is 12.1 Å². The van der Waals surface area contributed by atoms with Crippen molar-refractivity contribution < 1.29 is 32.5 Å². The van der Waals surface area contributed by atoms with Gasteiger partial charge < -0.3 is 14.6 Å². The lowest BCUT2D eigenvalue weighted by molar-refractivity contribution is -0.137. The number of ether oxygens (including phenoxy) is 2. The molecule has 2 aromatic rings. The Hall–Kier alpha value is -2.75. The number of hydrogen-bond acceptors (Lipinski definition) is 6. The minimum absolute atomic E-state index is 0.0297. The van der Waals surface area contributed by atoms with Crippen molar-refractivity contribution in [3.63, 3.8) is 0 Å². The number of carboxylic acids is 1. The topological polar surface area (TPSA) is 81.5 Å². The number of aromatic nitrogens is 2. The van der Waals surface area contributed by atoms with E-state index < -0.39 is 17.7 Å². The number of halogens is 3. The van der Waals surface area contributed by atoms with E-state index in [1.54, 1.807) is 13.2 Å². The molecule has 0 aliphatic heterocycles. The van der Waals surface area contributed by atoms with E-state index in [0.717, 1.165) is 12.1 Å². The van der Waals surface area contributed by atoms with Crippen LogP contribution in [0.15, 0.2) is 35.2 Å². The van der Waals surface area contributed by atoms with Gasteiger partial charge in [0, 0.05) is 0 Å². The van der Waals surface area contributed by atoms with E-state index in [2.05, 4.69) is 9.97 Å². The van der Waals surface area contributed by atoms with Gasteiger partial charge in [0.1, 0.15) is 17.1 Å². The standard InChI is InChI=1S/C18H17F3N2O4S/c1-9-13(14(16(24)25)10(2)26-3)15(23-17(22-9)28-4)27-12-7-5-6-11(8-12)18(19,20)21/h5-8H,1-4H3,(H,24,25). The summed E-state index contributed by atoms with van der Waals surface area (Å²) < 4.78 is 49.5. The molecule has 10 heteroatoms. The normalized spacial score (nSPS) is 12.4. The van der Waals surface area contributed by atoms with Crippen molar-refractivity contribution in [3.05, 3.63) is 46.8 Å². The van der Waals surface area contributed by atoms with Crippen molar-refractivity contribution in [1.82, 2.24) is 9.97 Å². The van der Waals surface area contributed by atoms with Crippen molar-refractivity contribution in [2.75, 3.05) is 13.4 Å². The first-order chi connectivity index (χ1) is 13.1. The fraction of sp³-hybridized carbons (Fsp3) is 0.278. The van der Waals surface area contributed by atoms with Gasteiger partial charge in [-0.25, -0.2) is 9.78 Å². The summed E-state index contributed by atoms with van der Waals surface area (Å²) in [6.07, 6.45) is -2.84. The third-order valence-electron chi connectivity index (χ3n) is 3.72. The summed E-state index contributed by atoms with van der Waals surface area (Å²) in [5, 5.41) is 9.90. The SMILES string of the molecule is COC(C)=C(C(=O)O)c1c(C)nc(SC)nc1Oc1cccc(C(F)(F)F)c1. The summed E-state index contributed by atoms with van der Waals surface area (Å²) in [4.78, 5) is 20.2. The zero-order valence-electron chi connectivity index (χ0n) is 15.4. The molecular formula is C18H17F3N2O4S. The quantitative estimate of drug-likeness (QED) is 0.315. The molecule has 0 bridgehead atoms. The number of methoxy groups -OCH3 is 1. The Balaban J connectivity index is 2.67. The maximum atomic E-state index is 13.0. The van der Waals surface area contributed by atoms with Crippen LogP contribution in [-0.4, -0.2) is 34.4 Å². The van der Waals surface area contributed by atoms with Crippen molar-refractivity contribution in [2.24, 2.45) is 0 Å².